The van der Waals surface area contributed by atoms with Crippen LogP contribution < -0.4 is 0 Å². The lowest BCUT2D eigenvalue weighted by molar-refractivity contribution is -0.144. The van der Waals surface area contributed by atoms with Crippen molar-refractivity contribution in [3.05, 3.63) is 35.9 Å². The standard InChI is InChI=1S/C21H29N3O3/c22-12-6-13-23-14-16-24(17-15-23)20(25)10-4-11-21(26)27-18-5-9-19-7-2-1-3-8-19/h1-3,7-8H,4-6,9-11,13-18H2. The molecule has 0 spiro atoms. The highest BCUT2D eigenvalue weighted by atomic mass is 16.5. The fraction of sp³-hybridized carbons (Fsp3) is 0.571. The lowest BCUT2D eigenvalue weighted by atomic mass is 10.1. The van der Waals surface area contributed by atoms with Crippen molar-refractivity contribution in [3.8, 4) is 6.07 Å². The molecule has 2 rings (SSSR count). The van der Waals surface area contributed by atoms with Crippen LogP contribution in [-0.4, -0.2) is 61.0 Å². The SMILES string of the molecule is N#CCCN1CCN(C(=O)CCCC(=O)OCCCc2ccccc2)CC1. The Hall–Kier alpha value is -2.39. The van der Waals surface area contributed by atoms with Crippen molar-refractivity contribution < 1.29 is 14.3 Å². The number of carbonyl (C=O) groups excluding carboxylic acids is 2. The molecule has 1 aromatic rings. The van der Waals surface area contributed by atoms with E-state index in [0.29, 0.717) is 45.4 Å². The van der Waals surface area contributed by atoms with Gasteiger partial charge in [-0.3, -0.25) is 14.5 Å². The molecule has 1 aliphatic rings. The molecule has 0 unspecified atom stereocenters. The molecule has 1 fully saturated rings. The normalized spacial score (nSPS) is 14.6. The van der Waals surface area contributed by atoms with Crippen molar-refractivity contribution in [2.45, 2.75) is 38.5 Å². The Balaban J connectivity index is 1.51. The zero-order valence-electron chi connectivity index (χ0n) is 15.9. The Morgan fingerprint density at radius 3 is 2.48 bits per heavy atom. The molecular formula is C21H29N3O3. The zero-order chi connectivity index (χ0) is 19.3. The number of esters is 1. The first-order valence-corrected chi connectivity index (χ1v) is 9.75. The summed E-state index contributed by atoms with van der Waals surface area (Å²) in [5.41, 5.74) is 1.24. The van der Waals surface area contributed by atoms with Crippen molar-refractivity contribution in [1.82, 2.24) is 9.80 Å². The second kappa shape index (κ2) is 12.1. The molecule has 0 atom stereocenters. The number of rotatable bonds is 10. The van der Waals surface area contributed by atoms with Gasteiger partial charge in [-0.25, -0.2) is 0 Å². The van der Waals surface area contributed by atoms with E-state index in [9.17, 15) is 9.59 Å². The quantitative estimate of drug-likeness (QED) is 0.466. The first-order chi connectivity index (χ1) is 13.2. The minimum Gasteiger partial charge on any atom is -0.466 e. The van der Waals surface area contributed by atoms with Crippen LogP contribution in [0.3, 0.4) is 0 Å². The van der Waals surface area contributed by atoms with Gasteiger partial charge in [-0.1, -0.05) is 30.3 Å². The van der Waals surface area contributed by atoms with Crippen molar-refractivity contribution in [3.63, 3.8) is 0 Å². The van der Waals surface area contributed by atoms with Gasteiger partial charge in [0.2, 0.25) is 5.91 Å². The third-order valence-electron chi connectivity index (χ3n) is 4.75. The molecule has 0 radical (unpaired) electrons. The Morgan fingerprint density at radius 2 is 1.78 bits per heavy atom. The highest BCUT2D eigenvalue weighted by Gasteiger charge is 2.20. The van der Waals surface area contributed by atoms with Gasteiger partial charge in [-0.2, -0.15) is 5.26 Å². The number of benzene rings is 1. The van der Waals surface area contributed by atoms with Crippen LogP contribution in [0.2, 0.25) is 0 Å². The van der Waals surface area contributed by atoms with Crippen LogP contribution in [0, 0.1) is 11.3 Å². The smallest absolute Gasteiger partial charge is 0.305 e. The van der Waals surface area contributed by atoms with E-state index >= 15 is 0 Å². The summed E-state index contributed by atoms with van der Waals surface area (Å²) in [6.07, 6.45) is 3.45. The van der Waals surface area contributed by atoms with Crippen molar-refractivity contribution >= 4 is 11.9 Å². The molecule has 146 valence electrons. The van der Waals surface area contributed by atoms with Gasteiger partial charge < -0.3 is 9.64 Å². The predicted molar refractivity (Wildman–Crippen MR) is 103 cm³/mol. The van der Waals surface area contributed by atoms with Crippen LogP contribution >= 0.6 is 0 Å². The average molecular weight is 371 g/mol. The summed E-state index contributed by atoms with van der Waals surface area (Å²) in [6.45, 7) is 4.23. The third kappa shape index (κ3) is 8.23. The molecule has 1 amide bonds. The molecule has 1 aromatic carbocycles. The van der Waals surface area contributed by atoms with Crippen LogP contribution in [-0.2, 0) is 20.7 Å². The van der Waals surface area contributed by atoms with Crippen LogP contribution in [0.15, 0.2) is 30.3 Å². The zero-order valence-corrected chi connectivity index (χ0v) is 15.9. The first-order valence-electron chi connectivity index (χ1n) is 9.75. The van der Waals surface area contributed by atoms with Gasteiger partial charge >= 0.3 is 5.97 Å². The van der Waals surface area contributed by atoms with Crippen LogP contribution in [0.4, 0.5) is 0 Å². The summed E-state index contributed by atoms with van der Waals surface area (Å²) in [6, 6.07) is 12.3. The fourth-order valence-corrected chi connectivity index (χ4v) is 3.15. The van der Waals surface area contributed by atoms with E-state index in [4.69, 9.17) is 10.00 Å². The van der Waals surface area contributed by atoms with Gasteiger partial charge in [0, 0.05) is 52.0 Å². The summed E-state index contributed by atoms with van der Waals surface area (Å²) in [5.74, 6) is -0.121. The number of nitrogens with zero attached hydrogens (tertiary/aromatic N) is 3. The van der Waals surface area contributed by atoms with E-state index in [1.54, 1.807) is 0 Å². The number of nitriles is 1. The molecule has 0 aromatic heterocycles. The summed E-state index contributed by atoms with van der Waals surface area (Å²) >= 11 is 0. The molecule has 1 saturated heterocycles. The van der Waals surface area contributed by atoms with Crippen LogP contribution in [0.5, 0.6) is 0 Å². The molecule has 6 nitrogen and oxygen atoms in total. The highest BCUT2D eigenvalue weighted by molar-refractivity contribution is 5.77. The van der Waals surface area contributed by atoms with Crippen LogP contribution in [0.25, 0.3) is 0 Å². The average Bonchev–Trinajstić information content (AvgIpc) is 2.71. The number of hydrogen-bond acceptors (Lipinski definition) is 5. The lowest BCUT2D eigenvalue weighted by Gasteiger charge is -2.34. The lowest BCUT2D eigenvalue weighted by Crippen LogP contribution is -2.48. The molecular weight excluding hydrogens is 342 g/mol. The van der Waals surface area contributed by atoms with Gasteiger partial charge in [0.05, 0.1) is 12.7 Å². The van der Waals surface area contributed by atoms with Gasteiger partial charge in [-0.15, -0.1) is 0 Å². The Kier molecular flexibility index (Phi) is 9.36. The number of ether oxygens (including phenoxy) is 1. The number of hydrogen-bond donors (Lipinski definition) is 0. The number of carbonyl (C=O) groups is 2. The van der Waals surface area contributed by atoms with Gasteiger partial charge in [0.1, 0.15) is 0 Å². The van der Waals surface area contributed by atoms with E-state index in [2.05, 4.69) is 23.1 Å². The maximum Gasteiger partial charge on any atom is 0.305 e. The largest absolute Gasteiger partial charge is 0.466 e. The van der Waals surface area contributed by atoms with Crippen molar-refractivity contribution in [2.24, 2.45) is 0 Å². The number of piperazine rings is 1. The summed E-state index contributed by atoms with van der Waals surface area (Å²) < 4.78 is 5.25. The monoisotopic (exact) mass is 371 g/mol. The van der Waals surface area contributed by atoms with Gasteiger partial charge in [-0.05, 0) is 24.8 Å². The number of aryl methyl sites for hydroxylation is 1. The predicted octanol–water partition coefficient (Wildman–Crippen LogP) is 2.39. The maximum atomic E-state index is 12.2. The van der Waals surface area contributed by atoms with Gasteiger partial charge in [0.25, 0.3) is 0 Å². The van der Waals surface area contributed by atoms with E-state index in [1.807, 2.05) is 23.1 Å². The topological polar surface area (TPSA) is 73.6 Å². The van der Waals surface area contributed by atoms with Crippen LogP contribution in [0.1, 0.15) is 37.7 Å². The van der Waals surface area contributed by atoms with E-state index < -0.39 is 0 Å². The second-order valence-electron chi connectivity index (χ2n) is 6.79. The van der Waals surface area contributed by atoms with E-state index in [-0.39, 0.29) is 11.9 Å². The minimum atomic E-state index is -0.225. The fourth-order valence-electron chi connectivity index (χ4n) is 3.15. The van der Waals surface area contributed by atoms with E-state index in [0.717, 1.165) is 32.5 Å². The van der Waals surface area contributed by atoms with Gasteiger partial charge in [0.15, 0.2) is 0 Å². The second-order valence-corrected chi connectivity index (χ2v) is 6.79. The molecule has 1 aliphatic heterocycles. The third-order valence-corrected chi connectivity index (χ3v) is 4.75. The maximum absolute atomic E-state index is 12.2. The summed E-state index contributed by atoms with van der Waals surface area (Å²) in [4.78, 5) is 28.1. The molecule has 1 heterocycles. The first kappa shape index (κ1) is 20.9. The highest BCUT2D eigenvalue weighted by Crippen LogP contribution is 2.08. The summed E-state index contributed by atoms with van der Waals surface area (Å²) in [7, 11) is 0. The molecule has 0 saturated carbocycles. The Labute approximate surface area is 161 Å². The Morgan fingerprint density at radius 1 is 1.04 bits per heavy atom. The molecule has 6 heteroatoms. The molecule has 0 aliphatic carbocycles. The molecule has 0 bridgehead atoms. The summed E-state index contributed by atoms with van der Waals surface area (Å²) in [5, 5.41) is 8.62. The minimum absolute atomic E-state index is 0.104. The van der Waals surface area contributed by atoms with Crippen molar-refractivity contribution in [2.75, 3.05) is 39.3 Å². The molecule has 0 N–H and O–H groups in total. The number of amides is 1. The van der Waals surface area contributed by atoms with Crippen molar-refractivity contribution in [1.29, 1.82) is 5.26 Å². The molecule has 27 heavy (non-hydrogen) atoms. The Bertz CT molecular complexity index is 619. The van der Waals surface area contributed by atoms with E-state index in [1.165, 1.54) is 5.56 Å².